The zero-order chi connectivity index (χ0) is 23.0. The number of hydrogen-bond donors (Lipinski definition) is 2. The van der Waals surface area contributed by atoms with E-state index in [1.54, 1.807) is 24.3 Å². The molecule has 1 saturated carbocycles. The molecule has 0 bridgehead atoms. The van der Waals surface area contributed by atoms with E-state index < -0.39 is 15.4 Å². The Kier molecular flexibility index (Phi) is 6.07. The lowest BCUT2D eigenvalue weighted by Gasteiger charge is -2.19. The summed E-state index contributed by atoms with van der Waals surface area (Å²) in [4.78, 5) is 13.0. The highest BCUT2D eigenvalue weighted by atomic mass is 32.2. The number of sulfonamides is 1. The van der Waals surface area contributed by atoms with Crippen LogP contribution in [-0.2, 0) is 30.4 Å². The number of hydrogen-bond acceptors (Lipinski definition) is 4. The van der Waals surface area contributed by atoms with Gasteiger partial charge in [0.15, 0.2) is 0 Å². The van der Waals surface area contributed by atoms with Crippen LogP contribution in [0.2, 0.25) is 0 Å². The van der Waals surface area contributed by atoms with Crippen molar-refractivity contribution in [3.8, 4) is 0 Å². The first-order valence-corrected chi connectivity index (χ1v) is 12.7. The molecule has 0 radical (unpaired) electrons. The molecular formula is C25H32N2O4S. The molecule has 4 rings (SSSR count). The average Bonchev–Trinajstić information content (AvgIpc) is 3.40. The van der Waals surface area contributed by atoms with E-state index in [0.29, 0.717) is 12.2 Å². The maximum absolute atomic E-state index is 12.8. The van der Waals surface area contributed by atoms with Gasteiger partial charge in [0.05, 0.1) is 16.4 Å². The number of ether oxygens (including phenoxy) is 1. The summed E-state index contributed by atoms with van der Waals surface area (Å²) in [5, 5.41) is 3.04. The van der Waals surface area contributed by atoms with E-state index in [1.807, 2.05) is 24.3 Å². The molecule has 7 heteroatoms. The Morgan fingerprint density at radius 3 is 2.25 bits per heavy atom. The molecule has 6 nitrogen and oxygen atoms in total. The Morgan fingerprint density at radius 1 is 1.06 bits per heavy atom. The third-order valence-electron chi connectivity index (χ3n) is 6.42. The second-order valence-corrected chi connectivity index (χ2v) is 11.6. The molecule has 1 atom stereocenters. The monoisotopic (exact) mass is 456 g/mol. The molecule has 2 fully saturated rings. The summed E-state index contributed by atoms with van der Waals surface area (Å²) in [5.74, 6) is 0.0280. The summed E-state index contributed by atoms with van der Waals surface area (Å²) in [5.41, 5.74) is 1.93. The summed E-state index contributed by atoms with van der Waals surface area (Å²) < 4.78 is 33.8. The minimum Gasteiger partial charge on any atom is -0.376 e. The largest absolute Gasteiger partial charge is 0.376 e. The van der Waals surface area contributed by atoms with Gasteiger partial charge in [-0.2, -0.15) is 0 Å². The van der Waals surface area contributed by atoms with E-state index in [2.05, 4.69) is 30.8 Å². The first kappa shape index (κ1) is 22.8. The zero-order valence-electron chi connectivity index (χ0n) is 19.0. The molecule has 0 spiro atoms. The van der Waals surface area contributed by atoms with Gasteiger partial charge in [0.2, 0.25) is 5.91 Å². The van der Waals surface area contributed by atoms with Crippen molar-refractivity contribution in [2.45, 2.75) is 68.3 Å². The molecule has 2 aromatic rings. The van der Waals surface area contributed by atoms with E-state index in [0.717, 1.165) is 43.4 Å². The highest BCUT2D eigenvalue weighted by Gasteiger charge is 2.51. The van der Waals surface area contributed by atoms with Crippen molar-refractivity contribution in [1.82, 2.24) is 5.32 Å². The third-order valence-corrected chi connectivity index (χ3v) is 7.82. The fourth-order valence-electron chi connectivity index (χ4n) is 4.16. The van der Waals surface area contributed by atoms with Gasteiger partial charge in [0.25, 0.3) is 10.0 Å². The Morgan fingerprint density at radius 2 is 1.72 bits per heavy atom. The Balaban J connectivity index is 1.41. The smallest absolute Gasteiger partial charge is 0.261 e. The fraction of sp³-hybridized carbons (Fsp3) is 0.480. The second-order valence-electron chi connectivity index (χ2n) is 9.88. The van der Waals surface area contributed by atoms with Gasteiger partial charge < -0.3 is 10.1 Å². The van der Waals surface area contributed by atoms with Crippen LogP contribution in [-0.4, -0.2) is 33.6 Å². The number of carbonyl (C=O) groups excluding carboxylic acids is 1. The van der Waals surface area contributed by atoms with Crippen LogP contribution in [0.3, 0.4) is 0 Å². The second kappa shape index (κ2) is 8.52. The summed E-state index contributed by atoms with van der Waals surface area (Å²) in [6, 6.07) is 14.1. The predicted molar refractivity (Wildman–Crippen MR) is 125 cm³/mol. The van der Waals surface area contributed by atoms with Crippen LogP contribution < -0.4 is 10.0 Å². The molecule has 2 aromatic carbocycles. The molecule has 32 heavy (non-hydrogen) atoms. The van der Waals surface area contributed by atoms with E-state index >= 15 is 0 Å². The number of benzene rings is 2. The molecular weight excluding hydrogens is 424 g/mol. The van der Waals surface area contributed by atoms with E-state index in [1.165, 1.54) is 0 Å². The molecule has 0 unspecified atom stereocenters. The fourth-order valence-corrected chi connectivity index (χ4v) is 5.22. The van der Waals surface area contributed by atoms with Crippen LogP contribution in [0.15, 0.2) is 53.4 Å². The van der Waals surface area contributed by atoms with Crippen molar-refractivity contribution < 1.29 is 17.9 Å². The van der Waals surface area contributed by atoms with Gasteiger partial charge in [0, 0.05) is 18.8 Å². The van der Waals surface area contributed by atoms with Gasteiger partial charge in [-0.15, -0.1) is 0 Å². The average molecular weight is 457 g/mol. The lowest BCUT2D eigenvalue weighted by molar-refractivity contribution is -0.124. The summed E-state index contributed by atoms with van der Waals surface area (Å²) in [7, 11) is -3.69. The van der Waals surface area contributed by atoms with Gasteiger partial charge in [-0.1, -0.05) is 45.0 Å². The Hall–Kier alpha value is -2.38. The molecule has 1 aliphatic carbocycles. The first-order valence-electron chi connectivity index (χ1n) is 11.2. The standard InChI is InChI=1S/C25H32N2O4S/c1-24(2,3)18-8-12-22(13-9-18)32(29,30)27-20-10-6-19(7-11-20)25(14-15-25)23(28)26-17-21-5-4-16-31-21/h6-13,21,27H,4-5,14-17H2,1-3H3,(H,26,28)/t21-/m1/s1. The third kappa shape index (κ3) is 4.84. The molecule has 1 saturated heterocycles. The molecule has 2 aliphatic rings. The molecule has 2 N–H and O–H groups in total. The Bertz CT molecular complexity index is 1060. The molecule has 1 amide bonds. The van der Waals surface area contributed by atoms with Crippen LogP contribution in [0, 0.1) is 0 Å². The summed E-state index contributed by atoms with van der Waals surface area (Å²) in [6.45, 7) is 7.58. The highest BCUT2D eigenvalue weighted by molar-refractivity contribution is 7.92. The predicted octanol–water partition coefficient (Wildman–Crippen LogP) is 4.11. The maximum atomic E-state index is 12.8. The molecule has 1 aliphatic heterocycles. The minimum atomic E-state index is -3.69. The topological polar surface area (TPSA) is 84.5 Å². The van der Waals surface area contributed by atoms with E-state index in [4.69, 9.17) is 4.74 Å². The van der Waals surface area contributed by atoms with Crippen molar-refractivity contribution in [2.75, 3.05) is 17.9 Å². The Labute approximate surface area is 190 Å². The van der Waals surface area contributed by atoms with Crippen molar-refractivity contribution >= 4 is 21.6 Å². The van der Waals surface area contributed by atoms with Crippen LogP contribution in [0.5, 0.6) is 0 Å². The summed E-state index contributed by atoms with van der Waals surface area (Å²) >= 11 is 0. The van der Waals surface area contributed by atoms with Crippen molar-refractivity contribution in [3.63, 3.8) is 0 Å². The van der Waals surface area contributed by atoms with Crippen molar-refractivity contribution in [2.24, 2.45) is 0 Å². The lowest BCUT2D eigenvalue weighted by Crippen LogP contribution is -2.39. The van der Waals surface area contributed by atoms with Crippen LogP contribution in [0.4, 0.5) is 5.69 Å². The molecule has 0 aromatic heterocycles. The van der Waals surface area contributed by atoms with Gasteiger partial charge >= 0.3 is 0 Å². The molecule has 172 valence electrons. The number of rotatable bonds is 7. The van der Waals surface area contributed by atoms with E-state index in [-0.39, 0.29) is 22.3 Å². The molecule has 1 heterocycles. The first-order chi connectivity index (χ1) is 15.1. The van der Waals surface area contributed by atoms with E-state index in [9.17, 15) is 13.2 Å². The minimum absolute atomic E-state index is 0.0280. The van der Waals surface area contributed by atoms with Crippen LogP contribution in [0.25, 0.3) is 0 Å². The van der Waals surface area contributed by atoms with Crippen molar-refractivity contribution in [3.05, 3.63) is 59.7 Å². The van der Waals surface area contributed by atoms with Gasteiger partial charge in [-0.05, 0) is 66.5 Å². The van der Waals surface area contributed by atoms with Crippen LogP contribution >= 0.6 is 0 Å². The van der Waals surface area contributed by atoms with Gasteiger partial charge in [0.1, 0.15) is 0 Å². The normalized spacial score (nSPS) is 20.0. The summed E-state index contributed by atoms with van der Waals surface area (Å²) in [6.07, 6.45) is 3.75. The number of carbonyl (C=O) groups is 1. The lowest BCUT2D eigenvalue weighted by atomic mass is 9.87. The van der Waals surface area contributed by atoms with Crippen LogP contribution in [0.1, 0.15) is 57.6 Å². The van der Waals surface area contributed by atoms with Gasteiger partial charge in [-0.3, -0.25) is 9.52 Å². The SMILES string of the molecule is CC(C)(C)c1ccc(S(=O)(=O)Nc2ccc(C3(C(=O)NC[C@H]4CCCO4)CC3)cc2)cc1. The number of amides is 1. The zero-order valence-corrected chi connectivity index (χ0v) is 19.8. The van der Waals surface area contributed by atoms with Crippen molar-refractivity contribution in [1.29, 1.82) is 0 Å². The maximum Gasteiger partial charge on any atom is 0.261 e. The quantitative estimate of drug-likeness (QED) is 0.657. The van der Waals surface area contributed by atoms with Gasteiger partial charge in [-0.25, -0.2) is 8.42 Å². The number of nitrogens with one attached hydrogen (secondary N) is 2. The number of anilines is 1. The highest BCUT2D eigenvalue weighted by Crippen LogP contribution is 2.48.